The molecule has 2 atom stereocenters. The Morgan fingerprint density at radius 2 is 1.96 bits per heavy atom. The summed E-state index contributed by atoms with van der Waals surface area (Å²) in [5.74, 6) is 0.884. The molecule has 0 amide bonds. The summed E-state index contributed by atoms with van der Waals surface area (Å²) in [6.07, 6.45) is -3.36. The third-order valence-corrected chi connectivity index (χ3v) is 4.34. The Balaban J connectivity index is 2.49. The van der Waals surface area contributed by atoms with Crippen LogP contribution in [0.5, 0.6) is 0 Å². The predicted molar refractivity (Wildman–Crippen MR) is 94.8 cm³/mol. The molecule has 1 aliphatic rings. The number of hydrogen-bond donors (Lipinski definition) is 2. The quantitative estimate of drug-likeness (QED) is 0.537. The van der Waals surface area contributed by atoms with E-state index in [4.69, 9.17) is 4.74 Å². The van der Waals surface area contributed by atoms with E-state index in [2.05, 4.69) is 36.4 Å². The van der Waals surface area contributed by atoms with E-state index in [-0.39, 0.29) is 17.4 Å². The van der Waals surface area contributed by atoms with Gasteiger partial charge in [0.05, 0.1) is 19.2 Å². The van der Waals surface area contributed by atoms with Crippen molar-refractivity contribution in [3.63, 3.8) is 0 Å². The summed E-state index contributed by atoms with van der Waals surface area (Å²) in [5.41, 5.74) is -0.0148. The lowest BCUT2D eigenvalue weighted by atomic mass is 9.89. The molecule has 1 heterocycles. The van der Waals surface area contributed by atoms with Crippen LogP contribution in [0.2, 0.25) is 0 Å². The molecule has 25 heavy (non-hydrogen) atoms. The van der Waals surface area contributed by atoms with Crippen LogP contribution >= 0.6 is 0 Å². The average Bonchev–Trinajstić information content (AvgIpc) is 2.89. The number of nitrogens with zero attached hydrogens (tertiary/aromatic N) is 2. The number of aliphatic imine (C=N–C) groups is 1. The Morgan fingerprint density at radius 1 is 1.28 bits per heavy atom. The second kappa shape index (κ2) is 9.62. The molecule has 148 valence electrons. The Kier molecular flexibility index (Phi) is 8.47. The van der Waals surface area contributed by atoms with Crippen LogP contribution in [0.4, 0.5) is 13.2 Å². The van der Waals surface area contributed by atoms with Gasteiger partial charge in [0, 0.05) is 26.7 Å². The Morgan fingerprint density at radius 3 is 2.48 bits per heavy atom. The van der Waals surface area contributed by atoms with Gasteiger partial charge in [-0.05, 0) is 31.2 Å². The maximum Gasteiger partial charge on any atom is 0.401 e. The van der Waals surface area contributed by atoms with Crippen LogP contribution in [0.25, 0.3) is 0 Å². The first-order valence-corrected chi connectivity index (χ1v) is 8.89. The van der Waals surface area contributed by atoms with Gasteiger partial charge < -0.3 is 15.4 Å². The van der Waals surface area contributed by atoms with Crippen molar-refractivity contribution < 1.29 is 17.9 Å². The van der Waals surface area contributed by atoms with E-state index in [1.165, 1.54) is 4.90 Å². The van der Waals surface area contributed by atoms with Gasteiger partial charge in [-0.15, -0.1) is 0 Å². The number of halogens is 3. The zero-order valence-corrected chi connectivity index (χ0v) is 16.0. The third kappa shape index (κ3) is 8.76. The number of methoxy groups -OCH3 is 1. The maximum atomic E-state index is 12.5. The topological polar surface area (TPSA) is 48.9 Å². The molecule has 0 aliphatic carbocycles. The zero-order valence-electron chi connectivity index (χ0n) is 16.0. The van der Waals surface area contributed by atoms with Crippen molar-refractivity contribution in [2.45, 2.75) is 46.4 Å². The number of ether oxygens (including phenoxy) is 1. The molecule has 8 heteroatoms. The summed E-state index contributed by atoms with van der Waals surface area (Å²) in [7, 11) is 1.68. The molecule has 5 nitrogen and oxygen atoms in total. The van der Waals surface area contributed by atoms with Gasteiger partial charge in [-0.25, -0.2) is 0 Å². The summed E-state index contributed by atoms with van der Waals surface area (Å²) in [5, 5.41) is 6.43. The molecule has 0 aromatic heterocycles. The van der Waals surface area contributed by atoms with Gasteiger partial charge >= 0.3 is 6.18 Å². The monoisotopic (exact) mass is 366 g/mol. The first kappa shape index (κ1) is 22.0. The summed E-state index contributed by atoms with van der Waals surface area (Å²) < 4.78 is 42.9. The molecule has 0 saturated carbocycles. The Bertz CT molecular complexity index is 421. The Labute approximate surface area is 149 Å². The van der Waals surface area contributed by atoms with E-state index in [1.807, 2.05) is 6.92 Å². The van der Waals surface area contributed by atoms with Crippen LogP contribution in [0.3, 0.4) is 0 Å². The molecular weight excluding hydrogens is 333 g/mol. The van der Waals surface area contributed by atoms with E-state index in [9.17, 15) is 13.2 Å². The number of likely N-dealkylation sites (tertiary alicyclic amines) is 1. The van der Waals surface area contributed by atoms with Crippen LogP contribution in [-0.4, -0.2) is 69.5 Å². The fraction of sp³-hybridized carbons (Fsp3) is 0.941. The molecule has 0 radical (unpaired) electrons. The van der Waals surface area contributed by atoms with E-state index in [0.29, 0.717) is 32.1 Å². The summed E-state index contributed by atoms with van der Waals surface area (Å²) >= 11 is 0. The molecule has 0 spiro atoms. The maximum absolute atomic E-state index is 12.5. The highest BCUT2D eigenvalue weighted by atomic mass is 19.4. The molecular formula is C17H33F3N4O. The lowest BCUT2D eigenvalue weighted by Gasteiger charge is -2.28. The number of alkyl halides is 3. The third-order valence-electron chi connectivity index (χ3n) is 4.34. The molecule has 1 aliphatic heterocycles. The SMILES string of the molecule is CCNC(=NCC(OC)C(C)(C)C)NCC1CCN(CC(F)(F)F)C1. The van der Waals surface area contributed by atoms with Crippen molar-refractivity contribution in [3.05, 3.63) is 0 Å². The number of rotatable bonds is 7. The normalized spacial score (nSPS) is 21.4. The minimum atomic E-state index is -4.12. The van der Waals surface area contributed by atoms with Crippen molar-refractivity contribution in [1.82, 2.24) is 15.5 Å². The van der Waals surface area contributed by atoms with Crippen molar-refractivity contribution in [2.75, 3.05) is 46.4 Å². The second-order valence-corrected chi connectivity index (χ2v) is 7.70. The lowest BCUT2D eigenvalue weighted by Crippen LogP contribution is -2.42. The lowest BCUT2D eigenvalue weighted by molar-refractivity contribution is -0.143. The van der Waals surface area contributed by atoms with E-state index in [1.54, 1.807) is 7.11 Å². The van der Waals surface area contributed by atoms with Crippen molar-refractivity contribution in [2.24, 2.45) is 16.3 Å². The molecule has 2 unspecified atom stereocenters. The zero-order chi connectivity index (χ0) is 19.1. The molecule has 1 rings (SSSR count). The minimum Gasteiger partial charge on any atom is -0.379 e. The van der Waals surface area contributed by atoms with Crippen LogP contribution in [0.15, 0.2) is 4.99 Å². The van der Waals surface area contributed by atoms with Gasteiger partial charge in [0.25, 0.3) is 0 Å². The van der Waals surface area contributed by atoms with Gasteiger partial charge in [0.15, 0.2) is 5.96 Å². The van der Waals surface area contributed by atoms with E-state index >= 15 is 0 Å². The van der Waals surface area contributed by atoms with Gasteiger partial charge in [-0.1, -0.05) is 20.8 Å². The molecule has 1 saturated heterocycles. The van der Waals surface area contributed by atoms with E-state index < -0.39 is 12.7 Å². The molecule has 1 fully saturated rings. The second-order valence-electron chi connectivity index (χ2n) is 7.70. The molecule has 2 N–H and O–H groups in total. The van der Waals surface area contributed by atoms with Crippen LogP contribution in [-0.2, 0) is 4.74 Å². The highest BCUT2D eigenvalue weighted by Gasteiger charge is 2.34. The van der Waals surface area contributed by atoms with Crippen molar-refractivity contribution in [3.8, 4) is 0 Å². The first-order chi connectivity index (χ1) is 11.5. The van der Waals surface area contributed by atoms with Gasteiger partial charge in [0.2, 0.25) is 0 Å². The summed E-state index contributed by atoms with van der Waals surface area (Å²) in [4.78, 5) is 6.04. The van der Waals surface area contributed by atoms with Crippen molar-refractivity contribution in [1.29, 1.82) is 0 Å². The standard InChI is InChI=1S/C17H33F3N4O/c1-6-21-15(23-10-14(25-5)16(2,3)4)22-9-13-7-8-24(11-13)12-17(18,19)20/h13-14H,6-12H2,1-5H3,(H2,21,22,23). The molecule has 0 aromatic rings. The summed E-state index contributed by atoms with van der Waals surface area (Å²) in [6.45, 7) is 10.3. The first-order valence-electron chi connectivity index (χ1n) is 8.89. The highest BCUT2D eigenvalue weighted by Crippen LogP contribution is 2.23. The average molecular weight is 366 g/mol. The minimum absolute atomic E-state index is 0.00304. The Hall–Kier alpha value is -1.02. The van der Waals surface area contributed by atoms with Gasteiger partial charge in [0.1, 0.15) is 0 Å². The largest absolute Gasteiger partial charge is 0.401 e. The number of guanidine groups is 1. The number of nitrogens with one attached hydrogen (secondary N) is 2. The van der Waals surface area contributed by atoms with Crippen LogP contribution in [0, 0.1) is 11.3 Å². The van der Waals surface area contributed by atoms with Crippen molar-refractivity contribution >= 4 is 5.96 Å². The van der Waals surface area contributed by atoms with E-state index in [0.717, 1.165) is 13.0 Å². The van der Waals surface area contributed by atoms with Gasteiger partial charge in [-0.2, -0.15) is 13.2 Å². The van der Waals surface area contributed by atoms with Gasteiger partial charge in [-0.3, -0.25) is 9.89 Å². The predicted octanol–water partition coefficient (Wildman–Crippen LogP) is 2.49. The van der Waals surface area contributed by atoms with Crippen LogP contribution < -0.4 is 10.6 Å². The molecule has 0 bridgehead atoms. The smallest absolute Gasteiger partial charge is 0.379 e. The molecule has 0 aromatic carbocycles. The fourth-order valence-corrected chi connectivity index (χ4v) is 2.94. The highest BCUT2D eigenvalue weighted by molar-refractivity contribution is 5.79. The fourth-order valence-electron chi connectivity index (χ4n) is 2.94. The summed E-state index contributed by atoms with van der Waals surface area (Å²) in [6, 6.07) is 0. The number of hydrogen-bond acceptors (Lipinski definition) is 3. The van der Waals surface area contributed by atoms with Crippen LogP contribution in [0.1, 0.15) is 34.1 Å².